The molecule has 2 N–H and O–H groups in total. The van der Waals surface area contributed by atoms with Gasteiger partial charge in [0.05, 0.1) is 17.9 Å². The van der Waals surface area contributed by atoms with Gasteiger partial charge in [-0.15, -0.1) is 0 Å². The third-order valence-electron chi connectivity index (χ3n) is 9.70. The summed E-state index contributed by atoms with van der Waals surface area (Å²) in [5.74, 6) is -0.813. The number of carbonyl (C=O) groups is 3. The summed E-state index contributed by atoms with van der Waals surface area (Å²) < 4.78 is 12.0. The first-order valence-corrected chi connectivity index (χ1v) is 15.1. The third-order valence-corrected chi connectivity index (χ3v) is 9.70. The molecule has 8 nitrogen and oxygen atoms in total. The smallest absolute Gasteiger partial charge is 0.246 e. The van der Waals surface area contributed by atoms with Crippen LogP contribution >= 0.6 is 0 Å². The van der Waals surface area contributed by atoms with Crippen molar-refractivity contribution >= 4 is 23.4 Å². The minimum absolute atomic E-state index is 0.0579. The molecule has 1 saturated carbocycles. The molecule has 1 aromatic rings. The second kappa shape index (κ2) is 11.6. The van der Waals surface area contributed by atoms with E-state index in [1.165, 1.54) is 5.56 Å². The first-order chi connectivity index (χ1) is 19.2. The Morgan fingerprint density at radius 3 is 2.60 bits per heavy atom. The van der Waals surface area contributed by atoms with E-state index in [0.29, 0.717) is 49.6 Å². The summed E-state index contributed by atoms with van der Waals surface area (Å²) in [5.41, 5.74) is 0.723. The zero-order valence-corrected chi connectivity index (χ0v) is 24.5. The molecule has 5 rings (SSSR count). The third kappa shape index (κ3) is 5.09. The lowest BCUT2D eigenvalue weighted by molar-refractivity contribution is -0.141. The number of benzene rings is 1. The van der Waals surface area contributed by atoms with Gasteiger partial charge in [0, 0.05) is 31.5 Å². The summed E-state index contributed by atoms with van der Waals surface area (Å²) in [4.78, 5) is 43.4. The average Bonchev–Trinajstić information content (AvgIpc) is 3.57. The topological polar surface area (TPSA) is 97.0 Å². The molecule has 3 heterocycles. The van der Waals surface area contributed by atoms with Gasteiger partial charge >= 0.3 is 0 Å². The molecule has 0 unspecified atom stereocenters. The molecule has 2 bridgehead atoms. The Bertz CT molecular complexity index is 1130. The Morgan fingerprint density at radius 2 is 1.90 bits per heavy atom. The van der Waals surface area contributed by atoms with Crippen LogP contribution in [0.4, 0.5) is 5.69 Å². The van der Waals surface area contributed by atoms with Gasteiger partial charge in [-0.2, -0.15) is 0 Å². The molecule has 3 amide bonds. The molecule has 40 heavy (non-hydrogen) atoms. The molecule has 1 spiro atoms. The lowest BCUT2D eigenvalue weighted by Crippen LogP contribution is -2.58. The Labute approximate surface area is 238 Å². The highest BCUT2D eigenvalue weighted by molar-refractivity contribution is 6.02. The Morgan fingerprint density at radius 1 is 1.15 bits per heavy atom. The number of anilines is 1. The predicted octanol–water partition coefficient (Wildman–Crippen LogP) is 4.27. The van der Waals surface area contributed by atoms with Gasteiger partial charge in [-0.1, -0.05) is 64.8 Å². The van der Waals surface area contributed by atoms with E-state index in [2.05, 4.69) is 38.3 Å². The summed E-state index contributed by atoms with van der Waals surface area (Å²) >= 11 is 0. The number of ether oxygens (including phenoxy) is 2. The maximum Gasteiger partial charge on any atom is 0.246 e. The number of hydrogen-bond donors (Lipinski definition) is 2. The van der Waals surface area contributed by atoms with Crippen molar-refractivity contribution in [2.24, 2.45) is 23.7 Å². The lowest BCUT2D eigenvalue weighted by Gasteiger charge is -2.38. The molecule has 8 heteroatoms. The summed E-state index contributed by atoms with van der Waals surface area (Å²) in [7, 11) is 0. The van der Waals surface area contributed by atoms with Gasteiger partial charge in [0.1, 0.15) is 11.6 Å². The summed E-state index contributed by atoms with van der Waals surface area (Å²) in [5, 5.41) is 6.32. The number of hydrogen-bond acceptors (Lipinski definition) is 5. The van der Waals surface area contributed by atoms with Crippen molar-refractivity contribution in [3.05, 3.63) is 42.0 Å². The van der Waals surface area contributed by atoms with Gasteiger partial charge in [-0.25, -0.2) is 0 Å². The molecule has 218 valence electrons. The summed E-state index contributed by atoms with van der Waals surface area (Å²) in [6.07, 6.45) is 6.97. The first-order valence-electron chi connectivity index (χ1n) is 15.1. The predicted molar refractivity (Wildman–Crippen MR) is 154 cm³/mol. The first kappa shape index (κ1) is 28.8. The molecule has 4 aliphatic rings. The zero-order chi connectivity index (χ0) is 28.6. The Hall–Kier alpha value is -2.71. The van der Waals surface area contributed by atoms with Crippen molar-refractivity contribution in [3.63, 3.8) is 0 Å². The molecule has 3 fully saturated rings. The fourth-order valence-corrected chi connectivity index (χ4v) is 7.21. The number of likely N-dealkylation sites (tertiary alicyclic amines) is 1. The number of carbonyl (C=O) groups excluding carboxylic acids is 3. The van der Waals surface area contributed by atoms with Gasteiger partial charge in [-0.05, 0) is 55.2 Å². The molecule has 8 atom stereocenters. The molecule has 3 aliphatic heterocycles. The van der Waals surface area contributed by atoms with Gasteiger partial charge in [0.25, 0.3) is 0 Å². The minimum Gasteiger partial charge on any atom is -0.382 e. The van der Waals surface area contributed by atoms with Crippen molar-refractivity contribution in [1.29, 1.82) is 0 Å². The highest BCUT2D eigenvalue weighted by Crippen LogP contribution is 2.55. The quantitative estimate of drug-likeness (QED) is 0.335. The van der Waals surface area contributed by atoms with Crippen LogP contribution in [0.5, 0.6) is 0 Å². The number of nitrogens with one attached hydrogen (secondary N) is 2. The molecular formula is C32H45N3O5. The van der Waals surface area contributed by atoms with E-state index in [0.717, 1.165) is 19.3 Å². The van der Waals surface area contributed by atoms with E-state index < -0.39 is 29.6 Å². The average molecular weight is 552 g/mol. The Kier molecular flexibility index (Phi) is 8.39. The van der Waals surface area contributed by atoms with Crippen molar-refractivity contribution in [2.45, 2.75) is 90.0 Å². The van der Waals surface area contributed by atoms with Crippen LogP contribution in [0.3, 0.4) is 0 Å². The Balaban J connectivity index is 1.39. The van der Waals surface area contributed by atoms with E-state index in [4.69, 9.17) is 9.47 Å². The van der Waals surface area contributed by atoms with Crippen molar-refractivity contribution < 1.29 is 23.9 Å². The van der Waals surface area contributed by atoms with Gasteiger partial charge in [0.2, 0.25) is 17.7 Å². The number of nitrogens with zero attached hydrogens (tertiary/aromatic N) is 1. The fourth-order valence-electron chi connectivity index (χ4n) is 7.21. The second-order valence-corrected chi connectivity index (χ2v) is 12.4. The molecule has 2 saturated heterocycles. The van der Waals surface area contributed by atoms with Crippen LogP contribution in [0.25, 0.3) is 0 Å². The van der Waals surface area contributed by atoms with Crippen LogP contribution in [0.15, 0.2) is 36.4 Å². The van der Waals surface area contributed by atoms with Gasteiger partial charge in [0.15, 0.2) is 0 Å². The fraction of sp³-hybridized carbons (Fsp3) is 0.656. The maximum atomic E-state index is 14.1. The van der Waals surface area contributed by atoms with Crippen molar-refractivity contribution in [1.82, 2.24) is 10.2 Å². The minimum atomic E-state index is -1.15. The summed E-state index contributed by atoms with van der Waals surface area (Å²) in [6, 6.07) is 7.04. The van der Waals surface area contributed by atoms with Crippen LogP contribution in [0.1, 0.15) is 71.8 Å². The van der Waals surface area contributed by atoms with Crippen LogP contribution in [-0.2, 0) is 23.9 Å². The van der Waals surface area contributed by atoms with Crippen LogP contribution in [0, 0.1) is 23.7 Å². The highest BCUT2D eigenvalue weighted by Gasteiger charge is 2.72. The van der Waals surface area contributed by atoms with Crippen LogP contribution in [0.2, 0.25) is 0 Å². The summed E-state index contributed by atoms with van der Waals surface area (Å²) in [6.45, 7) is 12.1. The van der Waals surface area contributed by atoms with Gasteiger partial charge in [-0.3, -0.25) is 14.4 Å². The molecule has 1 aliphatic carbocycles. The zero-order valence-electron chi connectivity index (χ0n) is 24.5. The maximum absolute atomic E-state index is 14.1. The number of fused-ring (bicyclic) bond motifs is 1. The normalized spacial score (nSPS) is 34.4. The van der Waals surface area contributed by atoms with E-state index in [-0.39, 0.29) is 23.8 Å². The highest BCUT2D eigenvalue weighted by atomic mass is 16.5. The van der Waals surface area contributed by atoms with E-state index >= 15 is 0 Å². The van der Waals surface area contributed by atoms with E-state index in [9.17, 15) is 14.4 Å². The second-order valence-electron chi connectivity index (χ2n) is 12.4. The van der Waals surface area contributed by atoms with Crippen LogP contribution in [-0.4, -0.2) is 66.2 Å². The van der Waals surface area contributed by atoms with E-state index in [1.807, 2.05) is 43.3 Å². The monoisotopic (exact) mass is 551 g/mol. The number of rotatable bonds is 10. The molecule has 1 aromatic carbocycles. The van der Waals surface area contributed by atoms with E-state index in [1.54, 1.807) is 4.90 Å². The largest absolute Gasteiger partial charge is 0.382 e. The molecule has 0 aromatic heterocycles. The van der Waals surface area contributed by atoms with Crippen LogP contribution < -0.4 is 10.6 Å². The number of amides is 3. The standard InChI is InChI=1S/C32H45N3O5/c1-6-39-18-8-17-35-28(30(37)34-24-10-7-9-20(4)21(24)5)32-16-15-25(40-32)26(27(32)31(35)38)29(36)33-23-13-11-22(12-14-23)19(2)3/h11-16,19-21,24-28H,6-10,17-18H2,1-5H3,(H,33,36)(H,34,37)/t20-,21+,24+,25+,26+,27+,28-,32-/m0/s1. The molecule has 0 radical (unpaired) electrons. The van der Waals surface area contributed by atoms with Crippen molar-refractivity contribution in [2.75, 3.05) is 25.1 Å². The van der Waals surface area contributed by atoms with Gasteiger partial charge < -0.3 is 25.0 Å². The SMILES string of the molecule is CCOCCCN1C(=O)[C@H]2[C@H](C(=O)Nc3ccc(C(C)C)cc3)[C@H]3C=C[C@@]2(O3)[C@@H]1C(=O)N[C@@H]1CCC[C@H](C)[C@H]1C. The van der Waals surface area contributed by atoms with Crippen molar-refractivity contribution in [3.8, 4) is 0 Å². The lowest BCUT2D eigenvalue weighted by atomic mass is 9.73. The molecular weight excluding hydrogens is 506 g/mol.